The van der Waals surface area contributed by atoms with Crippen LogP contribution in [-0.4, -0.2) is 0 Å². The van der Waals surface area contributed by atoms with Gasteiger partial charge in [-0.3, -0.25) is 0 Å². The predicted octanol–water partition coefficient (Wildman–Crippen LogP) is 7.19. The molecule has 3 rings (SSSR count). The van der Waals surface area contributed by atoms with Crippen molar-refractivity contribution in [3.8, 4) is 11.1 Å². The Bertz CT molecular complexity index is 908. The lowest BCUT2D eigenvalue weighted by Crippen LogP contribution is -1.95. The summed E-state index contributed by atoms with van der Waals surface area (Å²) in [7, 11) is 0. The summed E-state index contributed by atoms with van der Waals surface area (Å²) in [5.41, 5.74) is 0.791. The van der Waals surface area contributed by atoms with E-state index in [1.165, 1.54) is 30.3 Å². The molecule has 0 saturated carbocycles. The molecule has 0 fully saturated rings. The molecular weight excluding hydrogens is 340 g/mol. The largest absolute Gasteiger partial charge is 0.206 e. The van der Waals surface area contributed by atoms with Crippen LogP contribution in [0.5, 0.6) is 0 Å². The van der Waals surface area contributed by atoms with Crippen molar-refractivity contribution in [1.29, 1.82) is 0 Å². The number of unbranched alkanes of at least 4 members (excludes halogenated alkanes) is 3. The van der Waals surface area contributed by atoms with Crippen LogP contribution in [0, 0.1) is 23.3 Å². The van der Waals surface area contributed by atoms with Gasteiger partial charge in [-0.15, -0.1) is 0 Å². The van der Waals surface area contributed by atoms with E-state index < -0.39 is 23.3 Å². The highest BCUT2D eigenvalue weighted by Gasteiger charge is 2.14. The molecule has 0 radical (unpaired) electrons. The summed E-state index contributed by atoms with van der Waals surface area (Å²) in [4.78, 5) is 0. The molecule has 0 aliphatic carbocycles. The van der Waals surface area contributed by atoms with Crippen LogP contribution >= 0.6 is 0 Å². The Morgan fingerprint density at radius 2 is 1.31 bits per heavy atom. The molecule has 0 nitrogen and oxygen atoms in total. The molecule has 0 atom stereocenters. The fourth-order valence-electron chi connectivity index (χ4n) is 3.20. The summed E-state index contributed by atoms with van der Waals surface area (Å²) in [5.74, 6) is -3.22. The van der Waals surface area contributed by atoms with Crippen molar-refractivity contribution in [2.45, 2.75) is 39.0 Å². The van der Waals surface area contributed by atoms with Crippen molar-refractivity contribution in [2.24, 2.45) is 0 Å². The molecule has 136 valence electrons. The summed E-state index contributed by atoms with van der Waals surface area (Å²) >= 11 is 0. The van der Waals surface area contributed by atoms with Gasteiger partial charge in [-0.05, 0) is 65.1 Å². The molecule has 3 aromatic rings. The van der Waals surface area contributed by atoms with Crippen molar-refractivity contribution in [3.63, 3.8) is 0 Å². The predicted molar refractivity (Wildman–Crippen MR) is 97.1 cm³/mol. The van der Waals surface area contributed by atoms with Gasteiger partial charge in [0.1, 0.15) is 11.6 Å². The monoisotopic (exact) mass is 360 g/mol. The van der Waals surface area contributed by atoms with E-state index in [-0.39, 0.29) is 5.56 Å². The van der Waals surface area contributed by atoms with Crippen LogP contribution in [0.15, 0.2) is 42.5 Å². The molecule has 0 aliphatic rings. The average molecular weight is 360 g/mol. The Labute approximate surface area is 150 Å². The van der Waals surface area contributed by atoms with E-state index in [9.17, 15) is 17.6 Å². The SMILES string of the molecule is CCCCCCc1cc(F)c(-c2ccc3cc(F)c(F)cc3c2)c(F)c1. The number of benzene rings is 3. The maximum Gasteiger partial charge on any atom is 0.159 e. The standard InChI is InChI=1S/C22H20F4/c1-2-3-4-5-6-14-9-20(25)22(21(26)10-14)16-8-7-15-12-18(23)19(24)13-17(15)11-16/h7-13H,2-6H2,1H3. The maximum atomic E-state index is 14.5. The molecule has 0 unspecified atom stereocenters. The second kappa shape index (κ2) is 7.90. The first-order valence-electron chi connectivity index (χ1n) is 8.86. The minimum absolute atomic E-state index is 0.144. The smallest absolute Gasteiger partial charge is 0.159 e. The number of hydrogen-bond donors (Lipinski definition) is 0. The lowest BCUT2D eigenvalue weighted by atomic mass is 9.97. The van der Waals surface area contributed by atoms with Crippen LogP contribution in [0.1, 0.15) is 38.2 Å². The van der Waals surface area contributed by atoms with E-state index in [0.29, 0.717) is 28.3 Å². The van der Waals surface area contributed by atoms with Gasteiger partial charge in [-0.2, -0.15) is 0 Å². The molecule has 0 aliphatic heterocycles. The third-order valence-corrected chi connectivity index (χ3v) is 4.59. The van der Waals surface area contributed by atoms with Crippen molar-refractivity contribution < 1.29 is 17.6 Å². The molecular formula is C22H20F4. The van der Waals surface area contributed by atoms with Crippen molar-refractivity contribution in [1.82, 2.24) is 0 Å². The summed E-state index contributed by atoms with van der Waals surface area (Å²) in [6, 6.07) is 9.35. The third kappa shape index (κ3) is 3.90. The first kappa shape index (κ1) is 18.4. The summed E-state index contributed by atoms with van der Waals surface area (Å²) in [6.07, 6.45) is 4.78. The molecule has 0 N–H and O–H groups in total. The molecule has 26 heavy (non-hydrogen) atoms. The Hall–Kier alpha value is -2.36. The zero-order valence-electron chi connectivity index (χ0n) is 14.6. The van der Waals surface area contributed by atoms with Gasteiger partial charge >= 0.3 is 0 Å². The Balaban J connectivity index is 1.93. The summed E-state index contributed by atoms with van der Waals surface area (Å²) < 4.78 is 55.8. The number of halogens is 4. The highest BCUT2D eigenvalue weighted by atomic mass is 19.2. The first-order chi connectivity index (χ1) is 12.5. The van der Waals surface area contributed by atoms with Crippen LogP contribution in [0.25, 0.3) is 21.9 Å². The first-order valence-corrected chi connectivity index (χ1v) is 8.86. The third-order valence-electron chi connectivity index (χ3n) is 4.59. The topological polar surface area (TPSA) is 0 Å². The molecule has 0 bridgehead atoms. The fraction of sp³-hybridized carbons (Fsp3) is 0.273. The van der Waals surface area contributed by atoms with Gasteiger partial charge in [-0.25, -0.2) is 17.6 Å². The maximum absolute atomic E-state index is 14.5. The van der Waals surface area contributed by atoms with Crippen molar-refractivity contribution in [3.05, 3.63) is 71.3 Å². The minimum Gasteiger partial charge on any atom is -0.206 e. The molecule has 0 saturated heterocycles. The van der Waals surface area contributed by atoms with Gasteiger partial charge in [0.15, 0.2) is 11.6 Å². The molecule has 0 amide bonds. The molecule has 4 heteroatoms. The molecule has 3 aromatic carbocycles. The number of fused-ring (bicyclic) bond motifs is 1. The van der Waals surface area contributed by atoms with Gasteiger partial charge in [-0.1, -0.05) is 38.3 Å². The van der Waals surface area contributed by atoms with Gasteiger partial charge in [0, 0.05) is 0 Å². The highest BCUT2D eigenvalue weighted by molar-refractivity contribution is 5.87. The van der Waals surface area contributed by atoms with E-state index in [1.807, 2.05) is 0 Å². The van der Waals surface area contributed by atoms with Gasteiger partial charge in [0.2, 0.25) is 0 Å². The lowest BCUT2D eigenvalue weighted by molar-refractivity contribution is 0.511. The van der Waals surface area contributed by atoms with Crippen molar-refractivity contribution >= 4 is 10.8 Å². The molecule has 0 heterocycles. The van der Waals surface area contributed by atoms with Gasteiger partial charge < -0.3 is 0 Å². The Morgan fingerprint density at radius 1 is 0.654 bits per heavy atom. The van der Waals surface area contributed by atoms with Crippen molar-refractivity contribution in [2.75, 3.05) is 0 Å². The summed E-state index contributed by atoms with van der Waals surface area (Å²) in [5, 5.41) is 0.866. The van der Waals surface area contributed by atoms with E-state index in [1.54, 1.807) is 0 Å². The molecule has 0 spiro atoms. The quantitative estimate of drug-likeness (QED) is 0.322. The van der Waals surface area contributed by atoms with Gasteiger partial charge in [0.05, 0.1) is 5.56 Å². The van der Waals surface area contributed by atoms with Gasteiger partial charge in [0.25, 0.3) is 0 Å². The Morgan fingerprint density at radius 3 is 1.96 bits per heavy atom. The van der Waals surface area contributed by atoms with E-state index >= 15 is 0 Å². The summed E-state index contributed by atoms with van der Waals surface area (Å²) in [6.45, 7) is 2.11. The van der Waals surface area contributed by atoms with E-state index in [2.05, 4.69) is 6.92 Å². The number of hydrogen-bond acceptors (Lipinski definition) is 0. The zero-order chi connectivity index (χ0) is 18.7. The average Bonchev–Trinajstić information content (AvgIpc) is 2.59. The number of aryl methyl sites for hydroxylation is 1. The lowest BCUT2D eigenvalue weighted by Gasteiger charge is -2.10. The zero-order valence-corrected chi connectivity index (χ0v) is 14.6. The Kier molecular flexibility index (Phi) is 5.60. The normalized spacial score (nSPS) is 11.3. The van der Waals surface area contributed by atoms with Crippen LogP contribution in [0.4, 0.5) is 17.6 Å². The minimum atomic E-state index is -0.988. The van der Waals surface area contributed by atoms with Crippen LogP contribution in [0.3, 0.4) is 0 Å². The molecule has 0 aromatic heterocycles. The number of rotatable bonds is 6. The second-order valence-corrected chi connectivity index (χ2v) is 6.57. The highest BCUT2D eigenvalue weighted by Crippen LogP contribution is 2.31. The van der Waals surface area contributed by atoms with Crippen LogP contribution < -0.4 is 0 Å². The second-order valence-electron chi connectivity index (χ2n) is 6.57. The van der Waals surface area contributed by atoms with Crippen LogP contribution in [0.2, 0.25) is 0 Å². The van der Waals surface area contributed by atoms with E-state index in [4.69, 9.17) is 0 Å². The van der Waals surface area contributed by atoms with E-state index in [0.717, 1.165) is 37.8 Å². The van der Waals surface area contributed by atoms with Crippen LogP contribution in [-0.2, 0) is 6.42 Å². The fourth-order valence-corrected chi connectivity index (χ4v) is 3.20.